The van der Waals surface area contributed by atoms with Crippen molar-refractivity contribution in [2.45, 2.75) is 18.9 Å². The van der Waals surface area contributed by atoms with E-state index in [1.807, 2.05) is 12.4 Å². The van der Waals surface area contributed by atoms with Crippen molar-refractivity contribution in [1.82, 2.24) is 4.90 Å². The molecule has 2 aromatic carbocycles. The van der Waals surface area contributed by atoms with Gasteiger partial charge in [-0.3, -0.25) is 4.90 Å². The maximum absolute atomic E-state index is 4.75. The highest BCUT2D eigenvalue weighted by Gasteiger charge is 2.42. The van der Waals surface area contributed by atoms with Gasteiger partial charge in [-0.1, -0.05) is 48.5 Å². The quantitative estimate of drug-likeness (QED) is 0.709. The zero-order valence-electron chi connectivity index (χ0n) is 13.1. The highest BCUT2D eigenvalue weighted by atomic mass is 15.3. The highest BCUT2D eigenvalue weighted by molar-refractivity contribution is 5.93. The number of allylic oxidation sites excluding steroid dienone is 2. The predicted octanol–water partition coefficient (Wildman–Crippen LogP) is 4.39. The number of hydrogen-bond donors (Lipinski definition) is 0. The summed E-state index contributed by atoms with van der Waals surface area (Å²) in [5, 5.41) is 0. The summed E-state index contributed by atoms with van der Waals surface area (Å²) in [6.45, 7) is 0. The molecule has 3 nitrogen and oxygen atoms in total. The first kappa shape index (κ1) is 12.5. The van der Waals surface area contributed by atoms with Gasteiger partial charge in [0, 0.05) is 36.4 Å². The molecule has 4 heterocycles. The Labute approximate surface area is 140 Å². The molecule has 0 saturated carbocycles. The van der Waals surface area contributed by atoms with Crippen LogP contribution in [0.15, 0.2) is 70.2 Å². The summed E-state index contributed by atoms with van der Waals surface area (Å²) in [7, 11) is 0. The maximum atomic E-state index is 4.75. The van der Waals surface area contributed by atoms with Crippen LogP contribution in [-0.2, 0) is 0 Å². The molecule has 4 aliphatic rings. The topological polar surface area (TPSA) is 28.0 Å². The number of hydrogen-bond acceptors (Lipinski definition) is 3. The van der Waals surface area contributed by atoms with Crippen molar-refractivity contribution in [3.63, 3.8) is 0 Å². The van der Waals surface area contributed by atoms with Crippen molar-refractivity contribution in [2.24, 2.45) is 9.98 Å². The first-order valence-corrected chi connectivity index (χ1v) is 8.42. The van der Waals surface area contributed by atoms with Crippen molar-refractivity contribution >= 4 is 23.6 Å². The Kier molecular flexibility index (Phi) is 2.25. The molecule has 0 aromatic heterocycles. The molecule has 2 aromatic rings. The molecule has 0 spiro atoms. The van der Waals surface area contributed by atoms with Crippen molar-refractivity contribution in [3.8, 4) is 0 Å². The van der Waals surface area contributed by atoms with E-state index in [0.29, 0.717) is 0 Å². The van der Waals surface area contributed by atoms with Gasteiger partial charge in [0.1, 0.15) is 11.6 Å². The van der Waals surface area contributed by atoms with E-state index in [1.54, 1.807) is 0 Å². The minimum Gasteiger partial charge on any atom is -0.299 e. The lowest BCUT2D eigenvalue weighted by molar-refractivity contribution is 0.347. The maximum Gasteiger partial charge on any atom is 0.138 e. The van der Waals surface area contributed by atoms with Gasteiger partial charge in [0.05, 0.1) is 6.04 Å². The molecule has 114 valence electrons. The summed E-state index contributed by atoms with van der Waals surface area (Å²) >= 11 is 0. The summed E-state index contributed by atoms with van der Waals surface area (Å²) in [5.74, 6) is 2.17. The summed E-state index contributed by atoms with van der Waals surface area (Å²) in [4.78, 5) is 11.9. The molecule has 6 rings (SSSR count). The van der Waals surface area contributed by atoms with Gasteiger partial charge >= 0.3 is 0 Å². The molecule has 0 unspecified atom stereocenters. The SMILES string of the molecule is C1=NC2=C(C1)c1ccccc1C1c3ccccc3C3=C(N=CC3)N21. The first-order valence-electron chi connectivity index (χ1n) is 8.42. The van der Waals surface area contributed by atoms with E-state index in [2.05, 4.69) is 53.4 Å². The van der Waals surface area contributed by atoms with E-state index in [4.69, 9.17) is 9.98 Å². The molecule has 3 heteroatoms. The molecule has 0 saturated heterocycles. The molecule has 0 radical (unpaired) electrons. The van der Waals surface area contributed by atoms with E-state index in [9.17, 15) is 0 Å². The molecule has 24 heavy (non-hydrogen) atoms. The van der Waals surface area contributed by atoms with Crippen molar-refractivity contribution in [2.75, 3.05) is 0 Å². The number of nitrogens with zero attached hydrogens (tertiary/aromatic N) is 3. The summed E-state index contributed by atoms with van der Waals surface area (Å²) in [6.07, 6.45) is 5.87. The van der Waals surface area contributed by atoms with E-state index >= 15 is 0 Å². The van der Waals surface area contributed by atoms with Crippen molar-refractivity contribution in [1.29, 1.82) is 0 Å². The molecule has 0 aliphatic carbocycles. The van der Waals surface area contributed by atoms with Gasteiger partial charge in [0.2, 0.25) is 0 Å². The van der Waals surface area contributed by atoms with Gasteiger partial charge < -0.3 is 0 Å². The fraction of sp³-hybridized carbons (Fsp3) is 0.143. The van der Waals surface area contributed by atoms with Crippen LogP contribution >= 0.6 is 0 Å². The van der Waals surface area contributed by atoms with Crippen molar-refractivity contribution < 1.29 is 0 Å². The highest BCUT2D eigenvalue weighted by Crippen LogP contribution is 2.53. The Hall–Kier alpha value is -2.94. The van der Waals surface area contributed by atoms with E-state index in [-0.39, 0.29) is 6.04 Å². The molecule has 0 bridgehead atoms. The minimum atomic E-state index is 0.167. The third-order valence-electron chi connectivity index (χ3n) is 5.43. The van der Waals surface area contributed by atoms with Crippen LogP contribution in [0.5, 0.6) is 0 Å². The zero-order valence-corrected chi connectivity index (χ0v) is 13.1. The average Bonchev–Trinajstić information content (AvgIpc) is 3.31. The second-order valence-electron chi connectivity index (χ2n) is 6.58. The number of benzene rings is 2. The smallest absolute Gasteiger partial charge is 0.138 e. The number of aliphatic imine (C=N–C) groups is 2. The molecule has 0 amide bonds. The molecular formula is C21H15N3. The van der Waals surface area contributed by atoms with Crippen LogP contribution in [0.4, 0.5) is 0 Å². The fourth-order valence-electron chi connectivity index (χ4n) is 4.47. The fourth-order valence-corrected chi connectivity index (χ4v) is 4.47. The first-order chi connectivity index (χ1) is 11.9. The lowest BCUT2D eigenvalue weighted by Crippen LogP contribution is -2.34. The van der Waals surface area contributed by atoms with Crippen LogP contribution in [-0.4, -0.2) is 17.3 Å². The van der Waals surface area contributed by atoms with E-state index in [1.165, 1.54) is 33.4 Å². The molecular weight excluding hydrogens is 294 g/mol. The van der Waals surface area contributed by atoms with Gasteiger partial charge in [-0.05, 0) is 22.3 Å². The second kappa shape index (κ2) is 4.32. The van der Waals surface area contributed by atoms with Gasteiger partial charge in [-0.2, -0.15) is 0 Å². The average molecular weight is 309 g/mol. The Morgan fingerprint density at radius 1 is 0.708 bits per heavy atom. The molecule has 4 aliphatic heterocycles. The normalized spacial score (nSPS) is 20.1. The Balaban J connectivity index is 1.74. The minimum absolute atomic E-state index is 0.167. The van der Waals surface area contributed by atoms with Crippen LogP contribution in [0.1, 0.15) is 41.1 Å². The Bertz CT molecular complexity index is 941. The molecule has 0 N–H and O–H groups in total. The van der Waals surface area contributed by atoms with Crippen LogP contribution in [0, 0.1) is 0 Å². The van der Waals surface area contributed by atoms with E-state index in [0.717, 1.165) is 24.5 Å². The summed E-state index contributed by atoms with van der Waals surface area (Å²) in [5.41, 5.74) is 8.07. The number of rotatable bonds is 0. The lowest BCUT2D eigenvalue weighted by Gasteiger charge is -2.42. The van der Waals surface area contributed by atoms with Crippen molar-refractivity contribution in [3.05, 3.63) is 82.4 Å². The monoisotopic (exact) mass is 309 g/mol. The largest absolute Gasteiger partial charge is 0.299 e. The Morgan fingerprint density at radius 2 is 1.21 bits per heavy atom. The van der Waals surface area contributed by atoms with Crippen LogP contribution in [0.2, 0.25) is 0 Å². The third kappa shape index (κ3) is 1.38. The molecule has 0 fully saturated rings. The standard InChI is InChI=1S/C21H15N3/c1-3-7-15-13(5-1)17-9-11-22-20(17)24-19(15)16-8-4-2-6-14(16)18-10-12-23-21(18)24/h1-8,11-12,19H,9-10H2. The Morgan fingerprint density at radius 3 is 1.75 bits per heavy atom. The lowest BCUT2D eigenvalue weighted by atomic mass is 9.80. The predicted molar refractivity (Wildman–Crippen MR) is 96.6 cm³/mol. The van der Waals surface area contributed by atoms with Gasteiger partial charge in [-0.15, -0.1) is 0 Å². The van der Waals surface area contributed by atoms with E-state index < -0.39 is 0 Å². The third-order valence-corrected chi connectivity index (χ3v) is 5.43. The van der Waals surface area contributed by atoms with Gasteiger partial charge in [0.15, 0.2) is 0 Å². The zero-order chi connectivity index (χ0) is 15.7. The second-order valence-corrected chi connectivity index (χ2v) is 6.58. The van der Waals surface area contributed by atoms with Gasteiger partial charge in [-0.25, -0.2) is 9.98 Å². The van der Waals surface area contributed by atoms with Gasteiger partial charge in [0.25, 0.3) is 0 Å². The van der Waals surface area contributed by atoms with Crippen LogP contribution in [0.25, 0.3) is 11.1 Å². The number of fused-ring (bicyclic) bond motifs is 9. The summed E-state index contributed by atoms with van der Waals surface area (Å²) in [6, 6.07) is 17.7. The summed E-state index contributed by atoms with van der Waals surface area (Å²) < 4.78 is 0. The van der Waals surface area contributed by atoms with Crippen LogP contribution < -0.4 is 0 Å². The molecule has 0 atom stereocenters. The van der Waals surface area contributed by atoms with Crippen LogP contribution in [0.3, 0.4) is 0 Å².